The van der Waals surface area contributed by atoms with Crippen LogP contribution in [0.25, 0.3) is 0 Å². The van der Waals surface area contributed by atoms with Crippen LogP contribution in [0.1, 0.15) is 30.1 Å². The van der Waals surface area contributed by atoms with E-state index in [9.17, 15) is 33.4 Å². The van der Waals surface area contributed by atoms with E-state index in [1.54, 1.807) is 0 Å². The molecule has 2 atom stereocenters. The molecule has 2 aromatic rings. The maximum Gasteiger partial charge on any atom is 0.416 e. The van der Waals surface area contributed by atoms with Crippen molar-refractivity contribution in [3.05, 3.63) is 73.8 Å². The molecule has 0 saturated carbocycles. The van der Waals surface area contributed by atoms with Crippen LogP contribution < -0.4 is 5.32 Å². The topological polar surface area (TPSA) is 108 Å². The van der Waals surface area contributed by atoms with Crippen molar-refractivity contribution >= 4 is 17.1 Å². The zero-order valence-electron chi connectivity index (χ0n) is 14.9. The van der Waals surface area contributed by atoms with Gasteiger partial charge in [-0.05, 0) is 18.4 Å². The standard InChI is InChI=1S/C18H16F3N3O5/c19-18(20,21)12-8-14(23(25)26)17(15(9-12)24(27)28)22-13-6-7-29-16(10-13)11-4-2-1-3-5-11/h1-5,8-9,13,16,22H,6-7,10H2. The minimum Gasteiger partial charge on any atom is -0.373 e. The fourth-order valence-corrected chi connectivity index (χ4v) is 3.24. The third-order valence-electron chi connectivity index (χ3n) is 4.62. The third-order valence-corrected chi connectivity index (χ3v) is 4.62. The Morgan fingerprint density at radius 3 is 2.14 bits per heavy atom. The number of nitrogens with zero attached hydrogens (tertiary/aromatic N) is 2. The van der Waals surface area contributed by atoms with E-state index in [-0.39, 0.29) is 6.10 Å². The van der Waals surface area contributed by atoms with Crippen LogP contribution in [0.3, 0.4) is 0 Å². The lowest BCUT2D eigenvalue weighted by molar-refractivity contribution is -0.392. The molecule has 0 bridgehead atoms. The number of benzene rings is 2. The van der Waals surface area contributed by atoms with E-state index in [1.807, 2.05) is 30.3 Å². The van der Waals surface area contributed by atoms with Crippen molar-refractivity contribution in [2.24, 2.45) is 0 Å². The molecule has 3 rings (SSSR count). The number of anilines is 1. The molecule has 0 radical (unpaired) electrons. The number of hydrogen-bond acceptors (Lipinski definition) is 6. The Kier molecular flexibility index (Phi) is 5.69. The Bertz CT molecular complexity index is 886. The molecule has 1 heterocycles. The number of nitro benzene ring substituents is 2. The van der Waals surface area contributed by atoms with Crippen LogP contribution in [0.15, 0.2) is 42.5 Å². The number of hydrogen-bond donors (Lipinski definition) is 1. The second-order valence-corrected chi connectivity index (χ2v) is 6.54. The van der Waals surface area contributed by atoms with Gasteiger partial charge in [0.05, 0.1) is 21.5 Å². The molecule has 11 heteroatoms. The Balaban J connectivity index is 1.95. The summed E-state index contributed by atoms with van der Waals surface area (Å²) < 4.78 is 44.8. The minimum atomic E-state index is -4.95. The van der Waals surface area contributed by atoms with E-state index in [4.69, 9.17) is 4.74 Å². The molecule has 29 heavy (non-hydrogen) atoms. The van der Waals surface area contributed by atoms with Crippen LogP contribution in [0, 0.1) is 20.2 Å². The highest BCUT2D eigenvalue weighted by atomic mass is 19.4. The van der Waals surface area contributed by atoms with Gasteiger partial charge in [-0.25, -0.2) is 0 Å². The van der Waals surface area contributed by atoms with Crippen molar-refractivity contribution < 1.29 is 27.8 Å². The van der Waals surface area contributed by atoms with Crippen molar-refractivity contribution in [1.29, 1.82) is 0 Å². The summed E-state index contributed by atoms with van der Waals surface area (Å²) in [4.78, 5) is 20.6. The lowest BCUT2D eigenvalue weighted by Gasteiger charge is -2.31. The monoisotopic (exact) mass is 411 g/mol. The predicted octanol–water partition coefficient (Wildman–Crippen LogP) is 4.85. The smallest absolute Gasteiger partial charge is 0.373 e. The van der Waals surface area contributed by atoms with E-state index in [0.717, 1.165) is 5.56 Å². The summed E-state index contributed by atoms with van der Waals surface area (Å²) in [5.41, 5.74) is -3.10. The second kappa shape index (κ2) is 8.03. The molecular weight excluding hydrogens is 395 g/mol. The van der Waals surface area contributed by atoms with Gasteiger partial charge in [-0.1, -0.05) is 30.3 Å². The normalized spacial score (nSPS) is 19.6. The van der Waals surface area contributed by atoms with Crippen LogP contribution in [-0.2, 0) is 10.9 Å². The lowest BCUT2D eigenvalue weighted by atomic mass is 9.97. The van der Waals surface area contributed by atoms with Crippen molar-refractivity contribution in [3.63, 3.8) is 0 Å². The molecule has 1 saturated heterocycles. The number of ether oxygens (including phenoxy) is 1. The number of nitro groups is 2. The van der Waals surface area contributed by atoms with Gasteiger partial charge in [-0.15, -0.1) is 0 Å². The molecular formula is C18H16F3N3O5. The van der Waals surface area contributed by atoms with Crippen LogP contribution in [0.5, 0.6) is 0 Å². The first-order valence-electron chi connectivity index (χ1n) is 8.64. The fourth-order valence-electron chi connectivity index (χ4n) is 3.24. The lowest BCUT2D eigenvalue weighted by Crippen LogP contribution is -2.30. The predicted molar refractivity (Wildman–Crippen MR) is 96.5 cm³/mol. The fraction of sp³-hybridized carbons (Fsp3) is 0.333. The molecule has 2 unspecified atom stereocenters. The average Bonchev–Trinajstić information content (AvgIpc) is 2.67. The summed E-state index contributed by atoms with van der Waals surface area (Å²) in [7, 11) is 0. The highest BCUT2D eigenvalue weighted by Gasteiger charge is 2.38. The Labute approximate surface area is 162 Å². The van der Waals surface area contributed by atoms with Gasteiger partial charge in [0.25, 0.3) is 11.4 Å². The Morgan fingerprint density at radius 1 is 1.03 bits per heavy atom. The minimum absolute atomic E-state index is 0.291. The molecule has 0 aliphatic carbocycles. The summed E-state index contributed by atoms with van der Waals surface area (Å²) >= 11 is 0. The highest BCUT2D eigenvalue weighted by Crippen LogP contribution is 2.42. The summed E-state index contributed by atoms with van der Waals surface area (Å²) in [6.07, 6.45) is -4.56. The van der Waals surface area contributed by atoms with E-state index in [0.29, 0.717) is 31.6 Å². The third kappa shape index (κ3) is 4.62. The van der Waals surface area contributed by atoms with Crippen LogP contribution in [0.4, 0.5) is 30.2 Å². The van der Waals surface area contributed by atoms with Gasteiger partial charge in [0.2, 0.25) is 0 Å². The van der Waals surface area contributed by atoms with Crippen molar-refractivity contribution in [1.82, 2.24) is 0 Å². The van der Waals surface area contributed by atoms with Gasteiger partial charge >= 0.3 is 6.18 Å². The summed E-state index contributed by atoms with van der Waals surface area (Å²) in [6.45, 7) is 0.291. The van der Waals surface area contributed by atoms with Gasteiger partial charge in [0, 0.05) is 24.8 Å². The van der Waals surface area contributed by atoms with Crippen molar-refractivity contribution in [2.75, 3.05) is 11.9 Å². The van der Waals surface area contributed by atoms with Gasteiger partial charge in [-0.3, -0.25) is 20.2 Å². The maximum atomic E-state index is 13.0. The van der Waals surface area contributed by atoms with Gasteiger partial charge in [-0.2, -0.15) is 13.2 Å². The van der Waals surface area contributed by atoms with E-state index < -0.39 is 44.7 Å². The summed E-state index contributed by atoms with van der Waals surface area (Å²) in [5, 5.41) is 25.4. The SMILES string of the molecule is O=[N+]([O-])c1cc(C(F)(F)F)cc([N+](=O)[O-])c1NC1CCOC(c2ccccc2)C1. The quantitative estimate of drug-likeness (QED) is 0.556. The molecule has 0 spiro atoms. The molecule has 154 valence electrons. The van der Waals surface area contributed by atoms with Crippen LogP contribution in [0.2, 0.25) is 0 Å². The largest absolute Gasteiger partial charge is 0.416 e. The summed E-state index contributed by atoms with van der Waals surface area (Å²) in [5.74, 6) is 0. The van der Waals surface area contributed by atoms with Crippen LogP contribution in [-0.4, -0.2) is 22.5 Å². The first-order chi connectivity index (χ1) is 13.7. The number of halogens is 3. The number of nitrogens with one attached hydrogen (secondary N) is 1. The summed E-state index contributed by atoms with van der Waals surface area (Å²) in [6, 6.07) is 9.32. The van der Waals surface area contributed by atoms with E-state index in [2.05, 4.69) is 5.32 Å². The van der Waals surface area contributed by atoms with Gasteiger partial charge in [0.1, 0.15) is 0 Å². The maximum absolute atomic E-state index is 13.0. The zero-order chi connectivity index (χ0) is 21.2. The molecule has 8 nitrogen and oxygen atoms in total. The van der Waals surface area contributed by atoms with E-state index >= 15 is 0 Å². The first kappa shape index (κ1) is 20.5. The number of alkyl halides is 3. The molecule has 1 aliphatic rings. The molecule has 0 aromatic heterocycles. The molecule has 1 fully saturated rings. The van der Waals surface area contributed by atoms with Gasteiger partial charge in [0.15, 0.2) is 5.69 Å². The van der Waals surface area contributed by atoms with Crippen LogP contribution >= 0.6 is 0 Å². The highest BCUT2D eigenvalue weighted by molar-refractivity contribution is 5.75. The molecule has 0 amide bonds. The molecule has 1 aliphatic heterocycles. The van der Waals surface area contributed by atoms with Gasteiger partial charge < -0.3 is 10.1 Å². The Morgan fingerprint density at radius 2 is 1.62 bits per heavy atom. The number of rotatable bonds is 5. The Hall–Kier alpha value is -3.21. The van der Waals surface area contributed by atoms with E-state index in [1.165, 1.54) is 0 Å². The molecule has 2 aromatic carbocycles. The first-order valence-corrected chi connectivity index (χ1v) is 8.64. The molecule has 1 N–H and O–H groups in total. The van der Waals surface area contributed by atoms with Crippen molar-refractivity contribution in [2.45, 2.75) is 31.2 Å². The zero-order valence-corrected chi connectivity index (χ0v) is 14.9. The van der Waals surface area contributed by atoms with Crippen molar-refractivity contribution in [3.8, 4) is 0 Å². The second-order valence-electron chi connectivity index (χ2n) is 6.54. The average molecular weight is 411 g/mol.